The van der Waals surface area contributed by atoms with Gasteiger partial charge in [0.2, 0.25) is 0 Å². The zero-order chi connectivity index (χ0) is 15.9. The van der Waals surface area contributed by atoms with E-state index in [4.69, 9.17) is 13.8 Å². The Balaban J connectivity index is 3.31. The summed E-state index contributed by atoms with van der Waals surface area (Å²) in [6.07, 6.45) is 0. The van der Waals surface area contributed by atoms with Crippen molar-refractivity contribution < 1.29 is 23.5 Å². The van der Waals surface area contributed by atoms with Crippen molar-refractivity contribution in [3.05, 3.63) is 35.1 Å². The number of rotatable bonds is 7. The Bertz CT molecular complexity index is 578. The van der Waals surface area contributed by atoms with Crippen molar-refractivity contribution in [3.63, 3.8) is 0 Å². The smallest absolute Gasteiger partial charge is 0.375 e. The molecule has 1 aromatic carbocycles. The molecule has 0 bridgehead atoms. The number of hydrogen-bond donors (Lipinski definition) is 1. The van der Waals surface area contributed by atoms with Crippen molar-refractivity contribution in [3.8, 4) is 11.8 Å². The summed E-state index contributed by atoms with van der Waals surface area (Å²) < 4.78 is 27.7. The van der Waals surface area contributed by atoms with Crippen molar-refractivity contribution >= 4 is 13.4 Å². The van der Waals surface area contributed by atoms with Gasteiger partial charge in [-0.25, -0.2) is 0 Å². The van der Waals surface area contributed by atoms with Gasteiger partial charge in [0.1, 0.15) is 17.6 Å². The molecule has 0 atom stereocenters. The second-order valence-electron chi connectivity index (χ2n) is 3.87. The number of ether oxygens (including phenoxy) is 1. The summed E-state index contributed by atoms with van der Waals surface area (Å²) in [5, 5.41) is 19.0. The van der Waals surface area contributed by atoms with Crippen LogP contribution in [0.3, 0.4) is 0 Å². The van der Waals surface area contributed by atoms with Crippen LogP contribution >= 0.6 is 7.60 Å². The molecule has 7 heteroatoms. The van der Waals surface area contributed by atoms with E-state index in [0.717, 1.165) is 0 Å². The summed E-state index contributed by atoms with van der Waals surface area (Å²) in [6, 6.07) is 8.06. The number of benzene rings is 1. The molecule has 114 valence electrons. The Morgan fingerprint density at radius 1 is 1.24 bits per heavy atom. The second kappa shape index (κ2) is 7.84. The molecule has 0 saturated heterocycles. The summed E-state index contributed by atoms with van der Waals surface area (Å²) in [4.78, 5) is 0. The van der Waals surface area contributed by atoms with Crippen molar-refractivity contribution in [2.75, 3.05) is 20.3 Å². The highest BCUT2D eigenvalue weighted by atomic mass is 31.2. The molecular weight excluding hydrogens is 293 g/mol. The molecule has 0 aliphatic carbocycles. The Labute approximate surface area is 124 Å². The molecule has 1 aromatic rings. The van der Waals surface area contributed by atoms with Gasteiger partial charge < -0.3 is 18.9 Å². The van der Waals surface area contributed by atoms with Gasteiger partial charge in [0.05, 0.1) is 20.3 Å². The van der Waals surface area contributed by atoms with Gasteiger partial charge in [-0.05, 0) is 38.1 Å². The average molecular weight is 311 g/mol. The standard InChI is InChI=1S/C14H18NO5P/c1-4-19-21(17,20-5-2)13(10-15)14(16)11-6-8-12(18-3)9-7-11/h6-9,16H,4-5H2,1-3H3/b14-13+. The lowest BCUT2D eigenvalue weighted by Crippen LogP contribution is -2.00. The van der Waals surface area contributed by atoms with Gasteiger partial charge in [0, 0.05) is 5.56 Å². The molecule has 1 rings (SSSR count). The van der Waals surface area contributed by atoms with E-state index in [-0.39, 0.29) is 13.2 Å². The lowest BCUT2D eigenvalue weighted by Gasteiger charge is -2.17. The second-order valence-corrected chi connectivity index (χ2v) is 5.83. The van der Waals surface area contributed by atoms with Gasteiger partial charge >= 0.3 is 7.60 Å². The van der Waals surface area contributed by atoms with Gasteiger partial charge in [-0.3, -0.25) is 4.57 Å². The summed E-state index contributed by atoms with van der Waals surface area (Å²) in [5.74, 6) is 0.174. The van der Waals surface area contributed by atoms with Crippen LogP contribution in [0.4, 0.5) is 0 Å². The van der Waals surface area contributed by atoms with Crippen LogP contribution < -0.4 is 4.74 Å². The van der Waals surface area contributed by atoms with Crippen LogP contribution in [0.1, 0.15) is 19.4 Å². The number of nitriles is 1. The van der Waals surface area contributed by atoms with Gasteiger partial charge in [-0.1, -0.05) is 0 Å². The Kier molecular flexibility index (Phi) is 6.44. The molecule has 0 unspecified atom stereocenters. The number of allylic oxidation sites excluding steroid dienone is 1. The number of methoxy groups -OCH3 is 1. The number of nitrogens with zero attached hydrogens (tertiary/aromatic N) is 1. The zero-order valence-corrected chi connectivity index (χ0v) is 13.1. The third-order valence-electron chi connectivity index (χ3n) is 2.57. The van der Waals surface area contributed by atoms with Gasteiger partial charge in [0.25, 0.3) is 0 Å². The molecular formula is C14H18NO5P. The van der Waals surface area contributed by atoms with E-state index in [2.05, 4.69) is 0 Å². The van der Waals surface area contributed by atoms with Crippen molar-refractivity contribution in [2.24, 2.45) is 0 Å². The third-order valence-corrected chi connectivity index (χ3v) is 4.62. The highest BCUT2D eigenvalue weighted by Gasteiger charge is 2.33. The van der Waals surface area contributed by atoms with E-state index >= 15 is 0 Å². The fraction of sp³-hybridized carbons (Fsp3) is 0.357. The number of aliphatic hydroxyl groups is 1. The monoisotopic (exact) mass is 311 g/mol. The van der Waals surface area contributed by atoms with E-state index in [9.17, 15) is 14.9 Å². The van der Waals surface area contributed by atoms with Crippen LogP contribution in [-0.2, 0) is 13.6 Å². The Hall–Kier alpha value is -1.80. The summed E-state index contributed by atoms with van der Waals surface area (Å²) in [7, 11) is -2.31. The summed E-state index contributed by atoms with van der Waals surface area (Å²) >= 11 is 0. The zero-order valence-electron chi connectivity index (χ0n) is 12.2. The van der Waals surface area contributed by atoms with Gasteiger partial charge in [-0.15, -0.1) is 0 Å². The molecule has 0 spiro atoms. The minimum atomic E-state index is -3.83. The van der Waals surface area contributed by atoms with Gasteiger partial charge in [-0.2, -0.15) is 5.26 Å². The molecule has 0 aliphatic rings. The predicted molar refractivity (Wildman–Crippen MR) is 79.0 cm³/mol. The molecule has 0 fully saturated rings. The van der Waals surface area contributed by atoms with Crippen LogP contribution in [0.25, 0.3) is 5.76 Å². The first-order valence-corrected chi connectivity index (χ1v) is 7.94. The van der Waals surface area contributed by atoms with Crippen molar-refractivity contribution in [1.82, 2.24) is 0 Å². The highest BCUT2D eigenvalue weighted by Crippen LogP contribution is 2.57. The third kappa shape index (κ3) is 4.08. The molecule has 0 radical (unpaired) electrons. The highest BCUT2D eigenvalue weighted by molar-refractivity contribution is 7.59. The van der Waals surface area contributed by atoms with Crippen molar-refractivity contribution in [1.29, 1.82) is 5.26 Å². The Morgan fingerprint density at radius 3 is 2.14 bits per heavy atom. The van der Waals surface area contributed by atoms with E-state index in [0.29, 0.717) is 11.3 Å². The molecule has 21 heavy (non-hydrogen) atoms. The maximum atomic E-state index is 12.6. The molecule has 0 aliphatic heterocycles. The predicted octanol–water partition coefficient (Wildman–Crippen LogP) is 3.71. The first-order valence-electron chi connectivity index (χ1n) is 6.39. The first-order chi connectivity index (χ1) is 10.0. The van der Waals surface area contributed by atoms with Crippen LogP contribution in [0.15, 0.2) is 29.6 Å². The maximum absolute atomic E-state index is 12.6. The normalized spacial score (nSPS) is 12.5. The van der Waals surface area contributed by atoms with Gasteiger partial charge in [0.15, 0.2) is 5.31 Å². The SMILES string of the molecule is CCOP(=O)(OCC)/C(C#N)=C(/O)c1ccc(OC)cc1. The molecule has 0 aromatic heterocycles. The largest absolute Gasteiger partial charge is 0.506 e. The quantitative estimate of drug-likeness (QED) is 0.469. The van der Waals surface area contributed by atoms with Crippen LogP contribution in [0.2, 0.25) is 0 Å². The number of hydrogen-bond acceptors (Lipinski definition) is 6. The van der Waals surface area contributed by atoms with Crippen LogP contribution in [0.5, 0.6) is 5.75 Å². The van der Waals surface area contributed by atoms with Crippen molar-refractivity contribution in [2.45, 2.75) is 13.8 Å². The maximum Gasteiger partial charge on any atom is 0.375 e. The lowest BCUT2D eigenvalue weighted by atomic mass is 10.2. The summed E-state index contributed by atoms with van der Waals surface area (Å²) in [6.45, 7) is 3.45. The van der Waals surface area contributed by atoms with E-state index in [1.807, 2.05) is 0 Å². The minimum Gasteiger partial charge on any atom is -0.506 e. The fourth-order valence-corrected chi connectivity index (χ4v) is 3.16. The average Bonchev–Trinajstić information content (AvgIpc) is 2.48. The number of aliphatic hydroxyl groups excluding tert-OH is 1. The lowest BCUT2D eigenvalue weighted by molar-refractivity contribution is 0.227. The Morgan fingerprint density at radius 2 is 1.76 bits per heavy atom. The summed E-state index contributed by atoms with van der Waals surface area (Å²) in [5.41, 5.74) is 0.326. The fourth-order valence-electron chi connectivity index (χ4n) is 1.64. The minimum absolute atomic E-state index is 0.0956. The van der Waals surface area contributed by atoms with Crippen LogP contribution in [-0.4, -0.2) is 25.4 Å². The van der Waals surface area contributed by atoms with E-state index < -0.39 is 18.7 Å². The molecule has 0 saturated carbocycles. The molecule has 0 heterocycles. The van der Waals surface area contributed by atoms with E-state index in [1.165, 1.54) is 7.11 Å². The first kappa shape index (κ1) is 17.3. The topological polar surface area (TPSA) is 88.8 Å². The molecule has 0 amide bonds. The molecule has 1 N–H and O–H groups in total. The van der Waals surface area contributed by atoms with E-state index in [1.54, 1.807) is 44.2 Å². The van der Waals surface area contributed by atoms with Crippen LogP contribution in [0, 0.1) is 11.3 Å². The molecule has 6 nitrogen and oxygen atoms in total.